The summed E-state index contributed by atoms with van der Waals surface area (Å²) < 4.78 is 2.38. The molecule has 0 saturated carbocycles. The topological polar surface area (TPSA) is 7.12 Å². The highest BCUT2D eigenvalue weighted by Crippen LogP contribution is 2.31. The molecule has 0 unspecified atom stereocenters. The van der Waals surface area contributed by atoms with Gasteiger partial charge in [-0.3, -0.25) is 0 Å². The van der Waals surface area contributed by atoms with E-state index >= 15 is 0 Å². The van der Waals surface area contributed by atoms with Gasteiger partial charge in [0, 0.05) is 41.5 Å². The molecule has 2 heterocycles. The van der Waals surface area contributed by atoms with Crippen molar-refractivity contribution in [2.24, 2.45) is 0 Å². The second-order valence-electron chi connectivity index (χ2n) is 6.27. The molecule has 3 heteroatoms. The number of halogens is 1. The third-order valence-electron chi connectivity index (χ3n) is 4.87. The lowest BCUT2D eigenvalue weighted by atomic mass is 10.0. The number of rotatable bonds is 3. The van der Waals surface area contributed by atoms with Gasteiger partial charge in [0.05, 0.1) is 0 Å². The van der Waals surface area contributed by atoms with Crippen molar-refractivity contribution in [1.82, 2.24) is 0 Å². The smallest absolute Gasteiger partial charge is 0.212 e. The molecule has 26 heavy (non-hydrogen) atoms. The maximum absolute atomic E-state index is 2.38. The molecule has 2 nitrogen and oxygen atoms in total. The molecule has 0 spiro atoms. The number of aromatic nitrogens is 1. The fourth-order valence-corrected chi connectivity index (χ4v) is 3.67. The van der Waals surface area contributed by atoms with Gasteiger partial charge in [-0.25, -0.2) is 0 Å². The third kappa shape index (κ3) is 3.28. The number of likely N-dealkylation sites (N-methyl/N-ethyl adjacent to an activating group) is 1. The standard InChI is InChI=1S/C23H23N2.HI/c1-3-24-20(15-13-18-9-5-7-11-22(18)24)17-21-16-14-19-10-6-8-12-23(19)25(21)4-2;/h5-17H,3-4H2,1-2H3;1H/q+1;/p-1. The summed E-state index contributed by atoms with van der Waals surface area (Å²) in [7, 11) is 0. The zero-order valence-electron chi connectivity index (χ0n) is 15.2. The van der Waals surface area contributed by atoms with Crippen LogP contribution < -0.4 is 33.4 Å². The molecule has 132 valence electrons. The summed E-state index contributed by atoms with van der Waals surface area (Å²) in [6.07, 6.45) is 6.73. The summed E-state index contributed by atoms with van der Waals surface area (Å²) in [5.74, 6) is 0. The average molecular weight is 454 g/mol. The largest absolute Gasteiger partial charge is 1.00 e. The van der Waals surface area contributed by atoms with E-state index < -0.39 is 0 Å². The van der Waals surface area contributed by atoms with Crippen molar-refractivity contribution in [2.75, 3.05) is 11.4 Å². The minimum atomic E-state index is 0. The number of aryl methyl sites for hydroxylation is 1. The van der Waals surface area contributed by atoms with Gasteiger partial charge in [-0.15, -0.1) is 0 Å². The van der Waals surface area contributed by atoms with E-state index in [2.05, 4.69) is 102 Å². The lowest BCUT2D eigenvalue weighted by Gasteiger charge is -2.29. The predicted molar refractivity (Wildman–Crippen MR) is 106 cm³/mol. The fraction of sp³-hybridized carbons (Fsp3) is 0.174. The molecule has 1 aliphatic heterocycles. The van der Waals surface area contributed by atoms with E-state index in [0.29, 0.717) is 0 Å². The van der Waals surface area contributed by atoms with E-state index in [1.807, 2.05) is 0 Å². The molecule has 0 fully saturated rings. The summed E-state index contributed by atoms with van der Waals surface area (Å²) in [5, 5.41) is 1.28. The van der Waals surface area contributed by atoms with Crippen molar-refractivity contribution in [1.29, 1.82) is 0 Å². The van der Waals surface area contributed by atoms with E-state index in [4.69, 9.17) is 0 Å². The van der Waals surface area contributed by atoms with Gasteiger partial charge in [0.15, 0.2) is 0 Å². The van der Waals surface area contributed by atoms with Crippen LogP contribution in [-0.2, 0) is 6.54 Å². The van der Waals surface area contributed by atoms with Crippen molar-refractivity contribution in [3.8, 4) is 0 Å². The number of hydrogen-bond acceptors (Lipinski definition) is 1. The number of nitrogens with zero attached hydrogens (tertiary/aromatic N) is 2. The number of benzene rings is 2. The Labute approximate surface area is 172 Å². The molecular formula is C23H23IN2. The van der Waals surface area contributed by atoms with Crippen molar-refractivity contribution < 1.29 is 28.5 Å². The average Bonchev–Trinajstić information content (AvgIpc) is 2.67. The van der Waals surface area contributed by atoms with Gasteiger partial charge in [0.25, 0.3) is 0 Å². The van der Waals surface area contributed by atoms with Crippen LogP contribution in [0.15, 0.2) is 72.4 Å². The molecule has 4 rings (SSSR count). The molecule has 0 bridgehead atoms. The van der Waals surface area contributed by atoms with Gasteiger partial charge >= 0.3 is 0 Å². The van der Waals surface area contributed by atoms with E-state index in [1.165, 1.54) is 33.5 Å². The van der Waals surface area contributed by atoms with Crippen LogP contribution in [0.2, 0.25) is 0 Å². The van der Waals surface area contributed by atoms with Gasteiger partial charge in [-0.2, -0.15) is 4.57 Å². The quantitative estimate of drug-likeness (QED) is 0.434. The second kappa shape index (κ2) is 8.04. The zero-order valence-corrected chi connectivity index (χ0v) is 17.3. The lowest BCUT2D eigenvalue weighted by Crippen LogP contribution is -3.00. The monoisotopic (exact) mass is 454 g/mol. The molecule has 3 aromatic rings. The Morgan fingerprint density at radius 3 is 2.46 bits per heavy atom. The number of hydrogen-bond donors (Lipinski definition) is 0. The Balaban J connectivity index is 0.00000196. The Kier molecular flexibility index (Phi) is 5.77. The number of pyridine rings is 1. The number of anilines is 1. The highest BCUT2D eigenvalue weighted by molar-refractivity contribution is 5.80. The third-order valence-corrected chi connectivity index (χ3v) is 4.87. The van der Waals surface area contributed by atoms with Crippen LogP contribution in [0.4, 0.5) is 5.69 Å². The second-order valence-corrected chi connectivity index (χ2v) is 6.27. The van der Waals surface area contributed by atoms with Crippen molar-refractivity contribution in [3.63, 3.8) is 0 Å². The Bertz CT molecular complexity index is 988. The van der Waals surface area contributed by atoms with Gasteiger partial charge in [-0.1, -0.05) is 36.4 Å². The molecule has 0 saturated heterocycles. The van der Waals surface area contributed by atoms with Crippen molar-refractivity contribution >= 4 is 28.7 Å². The maximum Gasteiger partial charge on any atom is 0.212 e. The molecule has 0 atom stereocenters. The van der Waals surface area contributed by atoms with Crippen LogP contribution in [0.3, 0.4) is 0 Å². The molecule has 1 aliphatic rings. The molecule has 0 amide bonds. The van der Waals surface area contributed by atoms with Crippen LogP contribution >= 0.6 is 0 Å². The zero-order chi connectivity index (χ0) is 17.2. The lowest BCUT2D eigenvalue weighted by molar-refractivity contribution is -0.669. The Morgan fingerprint density at radius 2 is 1.65 bits per heavy atom. The van der Waals surface area contributed by atoms with Gasteiger partial charge < -0.3 is 28.9 Å². The Hall–Kier alpha value is -2.14. The van der Waals surface area contributed by atoms with Crippen LogP contribution in [-0.4, -0.2) is 6.54 Å². The van der Waals surface area contributed by atoms with E-state index in [-0.39, 0.29) is 24.0 Å². The molecule has 0 N–H and O–H groups in total. The molecule has 1 aromatic heterocycles. The first-order valence-corrected chi connectivity index (χ1v) is 8.99. The first-order valence-electron chi connectivity index (χ1n) is 8.99. The molecule has 0 aliphatic carbocycles. The number of allylic oxidation sites excluding steroid dienone is 1. The minimum Gasteiger partial charge on any atom is -1.00 e. The fourth-order valence-electron chi connectivity index (χ4n) is 3.67. The van der Waals surface area contributed by atoms with Crippen molar-refractivity contribution in [2.45, 2.75) is 20.4 Å². The number of para-hydroxylation sites is 2. The predicted octanol–water partition coefficient (Wildman–Crippen LogP) is 2.05. The van der Waals surface area contributed by atoms with Crippen LogP contribution in [0.25, 0.3) is 23.1 Å². The normalized spacial score (nSPS) is 14.4. The first kappa shape index (κ1) is 18.6. The molecular weight excluding hydrogens is 431 g/mol. The van der Waals surface area contributed by atoms with Crippen LogP contribution in [0.5, 0.6) is 0 Å². The maximum atomic E-state index is 2.38. The highest BCUT2D eigenvalue weighted by atomic mass is 127. The highest BCUT2D eigenvalue weighted by Gasteiger charge is 2.18. The van der Waals surface area contributed by atoms with Gasteiger partial charge in [0.1, 0.15) is 6.54 Å². The SMILES string of the molecule is CCN1/C(=C/c2ccc3ccccc3[n+]2CC)C=Cc2ccccc21.[I-]. The Morgan fingerprint density at radius 1 is 0.885 bits per heavy atom. The minimum absolute atomic E-state index is 0. The van der Waals surface area contributed by atoms with Crippen LogP contribution in [0, 0.1) is 0 Å². The van der Waals surface area contributed by atoms with E-state index in [0.717, 1.165) is 13.1 Å². The summed E-state index contributed by atoms with van der Waals surface area (Å²) in [5.41, 5.74) is 6.31. The summed E-state index contributed by atoms with van der Waals surface area (Å²) in [6, 6.07) is 21.6. The van der Waals surface area contributed by atoms with Gasteiger partial charge in [-0.05, 0) is 43.7 Å². The number of fused-ring (bicyclic) bond motifs is 2. The summed E-state index contributed by atoms with van der Waals surface area (Å²) >= 11 is 0. The first-order chi connectivity index (χ1) is 12.3. The van der Waals surface area contributed by atoms with Gasteiger partial charge in [0.2, 0.25) is 11.2 Å². The van der Waals surface area contributed by atoms with Crippen LogP contribution in [0.1, 0.15) is 25.1 Å². The van der Waals surface area contributed by atoms with E-state index in [1.54, 1.807) is 0 Å². The summed E-state index contributed by atoms with van der Waals surface area (Å²) in [4.78, 5) is 2.38. The van der Waals surface area contributed by atoms with E-state index in [9.17, 15) is 0 Å². The molecule has 2 aromatic carbocycles. The summed E-state index contributed by atoms with van der Waals surface area (Å²) in [6.45, 7) is 6.32. The molecule has 0 radical (unpaired) electrons. The van der Waals surface area contributed by atoms with Crippen molar-refractivity contribution in [3.05, 3.63) is 83.7 Å².